The molecule has 0 spiro atoms. The van der Waals surface area contributed by atoms with Crippen molar-refractivity contribution in [3.63, 3.8) is 0 Å². The van der Waals surface area contributed by atoms with Crippen LogP contribution < -0.4 is 0 Å². The highest BCUT2D eigenvalue weighted by molar-refractivity contribution is 9.12. The number of hydrogen-bond acceptors (Lipinski definition) is 0. The molecule has 4 rings (SSSR count). The second kappa shape index (κ2) is 8.72. The molecule has 0 aromatic heterocycles. The molecule has 0 amide bonds. The lowest BCUT2D eigenvalue weighted by Crippen LogP contribution is -2.58. The lowest BCUT2D eigenvalue weighted by molar-refractivity contribution is -0.109. The molecule has 0 heterocycles. The van der Waals surface area contributed by atoms with Crippen molar-refractivity contribution in [1.82, 2.24) is 0 Å². The van der Waals surface area contributed by atoms with Crippen molar-refractivity contribution in [1.29, 1.82) is 0 Å². The summed E-state index contributed by atoms with van der Waals surface area (Å²) in [5.41, 5.74) is 1.14. The fourth-order valence-corrected chi connectivity index (χ4v) is 11.1. The Morgan fingerprint density at radius 3 is 2.28 bits per heavy atom. The third kappa shape index (κ3) is 3.85. The van der Waals surface area contributed by atoms with Crippen LogP contribution in [0.4, 0.5) is 0 Å². The summed E-state index contributed by atoms with van der Waals surface area (Å²) in [4.78, 5) is 1.34. The number of fused-ring (bicyclic) bond motifs is 5. The minimum Gasteiger partial charge on any atom is -0.0878 e. The molecule has 4 saturated carbocycles. The van der Waals surface area contributed by atoms with Crippen LogP contribution in [0, 0.1) is 52.3 Å². The summed E-state index contributed by atoms with van der Waals surface area (Å²) in [6.45, 7) is 12.8. The Morgan fingerprint density at radius 2 is 1.55 bits per heavy atom. The first kappa shape index (κ1) is 23.1. The summed E-state index contributed by atoms with van der Waals surface area (Å²) in [5.74, 6) is 6.70. The number of halogens is 2. The van der Waals surface area contributed by atoms with Gasteiger partial charge < -0.3 is 0 Å². The van der Waals surface area contributed by atoms with Crippen molar-refractivity contribution in [2.24, 2.45) is 52.3 Å². The van der Waals surface area contributed by atoms with E-state index in [1.165, 1.54) is 70.6 Å². The Labute approximate surface area is 198 Å². The monoisotopic (exact) mass is 528 g/mol. The van der Waals surface area contributed by atoms with E-state index < -0.39 is 0 Å². The fourth-order valence-electron chi connectivity index (χ4n) is 9.28. The largest absolute Gasteiger partial charge is 0.0878 e. The molecule has 0 aliphatic heterocycles. The molecule has 168 valence electrons. The van der Waals surface area contributed by atoms with E-state index in [0.29, 0.717) is 20.5 Å². The van der Waals surface area contributed by atoms with Gasteiger partial charge in [-0.15, -0.1) is 0 Å². The normalized spacial score (nSPS) is 50.7. The zero-order valence-electron chi connectivity index (χ0n) is 19.7. The molecule has 4 aliphatic rings. The first-order valence-electron chi connectivity index (χ1n) is 13.0. The zero-order chi connectivity index (χ0) is 21.0. The van der Waals surface area contributed by atoms with Gasteiger partial charge in [-0.2, -0.15) is 0 Å². The highest BCUT2D eigenvalue weighted by Crippen LogP contribution is 2.69. The smallest absolute Gasteiger partial charge is 0.0330 e. The molecule has 2 heteroatoms. The van der Waals surface area contributed by atoms with E-state index in [-0.39, 0.29) is 0 Å². The van der Waals surface area contributed by atoms with Gasteiger partial charge >= 0.3 is 0 Å². The van der Waals surface area contributed by atoms with Crippen LogP contribution in [-0.4, -0.2) is 9.65 Å². The molecule has 0 aromatic rings. The first-order chi connectivity index (χ1) is 13.7. The van der Waals surface area contributed by atoms with Crippen LogP contribution in [0.3, 0.4) is 0 Å². The summed E-state index contributed by atoms with van der Waals surface area (Å²) < 4.78 is 0. The van der Waals surface area contributed by atoms with Crippen LogP contribution in [0.2, 0.25) is 0 Å². The summed E-state index contributed by atoms with van der Waals surface area (Å²) in [6, 6.07) is 0. The number of alkyl halides is 2. The van der Waals surface area contributed by atoms with Crippen molar-refractivity contribution in [2.75, 3.05) is 0 Å². The molecule has 29 heavy (non-hydrogen) atoms. The molecule has 0 saturated heterocycles. The van der Waals surface area contributed by atoms with Gasteiger partial charge in [0.25, 0.3) is 0 Å². The Hall–Kier alpha value is 0.960. The van der Waals surface area contributed by atoms with E-state index in [9.17, 15) is 0 Å². The van der Waals surface area contributed by atoms with Crippen LogP contribution >= 0.6 is 31.9 Å². The van der Waals surface area contributed by atoms with Crippen LogP contribution in [0.15, 0.2) is 0 Å². The third-order valence-corrected chi connectivity index (χ3v) is 14.2. The van der Waals surface area contributed by atoms with Gasteiger partial charge in [-0.3, -0.25) is 0 Å². The highest BCUT2D eigenvalue weighted by Gasteiger charge is 2.62. The van der Waals surface area contributed by atoms with Gasteiger partial charge in [0, 0.05) is 9.65 Å². The molecule has 4 aliphatic carbocycles. The second-order valence-corrected chi connectivity index (χ2v) is 14.7. The molecule has 0 aromatic carbocycles. The minimum atomic E-state index is 0.512. The zero-order valence-corrected chi connectivity index (χ0v) is 22.9. The molecular weight excluding hydrogens is 484 g/mol. The van der Waals surface area contributed by atoms with Crippen molar-refractivity contribution in [3.05, 3.63) is 0 Å². The molecule has 0 nitrogen and oxygen atoms in total. The van der Waals surface area contributed by atoms with E-state index in [4.69, 9.17) is 0 Å². The molecule has 0 N–H and O–H groups in total. The Kier molecular flexibility index (Phi) is 6.95. The molecular formula is C27H46Br2. The van der Waals surface area contributed by atoms with Crippen molar-refractivity contribution in [3.8, 4) is 0 Å². The van der Waals surface area contributed by atoms with E-state index in [0.717, 1.165) is 41.4 Å². The van der Waals surface area contributed by atoms with E-state index >= 15 is 0 Å². The topological polar surface area (TPSA) is 0 Å². The van der Waals surface area contributed by atoms with Crippen molar-refractivity contribution in [2.45, 2.75) is 115 Å². The van der Waals surface area contributed by atoms with Gasteiger partial charge in [0.1, 0.15) is 0 Å². The van der Waals surface area contributed by atoms with Crippen LogP contribution in [0.5, 0.6) is 0 Å². The van der Waals surface area contributed by atoms with Gasteiger partial charge in [-0.05, 0) is 104 Å². The van der Waals surface area contributed by atoms with Gasteiger partial charge in [-0.1, -0.05) is 85.7 Å². The molecule has 0 radical (unpaired) electrons. The van der Waals surface area contributed by atoms with Crippen molar-refractivity contribution < 1.29 is 0 Å². The van der Waals surface area contributed by atoms with Gasteiger partial charge in [0.2, 0.25) is 0 Å². The van der Waals surface area contributed by atoms with E-state index in [1.807, 2.05) is 0 Å². The maximum absolute atomic E-state index is 4.23. The molecule has 0 unspecified atom stereocenters. The van der Waals surface area contributed by atoms with Crippen LogP contribution in [0.1, 0.15) is 105 Å². The summed E-state index contributed by atoms with van der Waals surface area (Å²) in [6.07, 6.45) is 16.2. The maximum Gasteiger partial charge on any atom is 0.0330 e. The van der Waals surface area contributed by atoms with Gasteiger partial charge in [-0.25, -0.2) is 0 Å². The quantitative estimate of drug-likeness (QED) is 0.311. The SMILES string of the molecule is CC(C)CCC[C@@H](C)[C@H]1CC[C@H]2[C@@H]3CC[C@H]4CC[C@H](Br)[C@H](Br)[C@]4(C)[C@H]3CC[C@]12C. The van der Waals surface area contributed by atoms with Gasteiger partial charge in [0.15, 0.2) is 0 Å². The summed E-state index contributed by atoms with van der Waals surface area (Å²) >= 11 is 8.28. The predicted octanol–water partition coefficient (Wildman–Crippen LogP) is 9.24. The second-order valence-electron chi connectivity index (χ2n) is 12.5. The Morgan fingerprint density at radius 1 is 0.828 bits per heavy atom. The average Bonchev–Trinajstić information content (AvgIpc) is 3.02. The molecule has 10 atom stereocenters. The van der Waals surface area contributed by atoms with Crippen LogP contribution in [-0.2, 0) is 0 Å². The number of rotatable bonds is 5. The minimum absolute atomic E-state index is 0.512. The highest BCUT2D eigenvalue weighted by atomic mass is 79.9. The van der Waals surface area contributed by atoms with Crippen LogP contribution in [0.25, 0.3) is 0 Å². The fraction of sp³-hybridized carbons (Fsp3) is 1.00. The Balaban J connectivity index is 1.50. The van der Waals surface area contributed by atoms with Crippen molar-refractivity contribution >= 4 is 31.9 Å². The lowest BCUT2D eigenvalue weighted by atomic mass is 9.44. The molecule has 4 fully saturated rings. The predicted molar refractivity (Wildman–Crippen MR) is 134 cm³/mol. The first-order valence-corrected chi connectivity index (χ1v) is 14.8. The van der Waals surface area contributed by atoms with E-state index in [2.05, 4.69) is 66.5 Å². The standard InChI is InChI=1S/C27H46Br2/c1-17(2)7-6-8-18(3)21-12-13-22-20-11-9-19-10-14-24(28)25(29)27(19,5)23(20)15-16-26(21,22)4/h17-25H,6-16H2,1-5H3/t18-,19+,20+,21-,22+,23+,24+,25+,26-,27+/m1/s1. The van der Waals surface area contributed by atoms with Gasteiger partial charge in [0.05, 0.1) is 0 Å². The lowest BCUT2D eigenvalue weighted by Gasteiger charge is -2.63. The number of hydrogen-bond donors (Lipinski definition) is 0. The average molecular weight is 530 g/mol. The summed E-state index contributed by atoms with van der Waals surface area (Å²) in [7, 11) is 0. The van der Waals surface area contributed by atoms with E-state index in [1.54, 1.807) is 0 Å². The summed E-state index contributed by atoms with van der Waals surface area (Å²) in [5, 5.41) is 0. The maximum atomic E-state index is 4.23. The third-order valence-electron chi connectivity index (χ3n) is 10.9. The Bertz CT molecular complexity index is 569. The molecule has 0 bridgehead atoms.